The van der Waals surface area contributed by atoms with Crippen LogP contribution in [0.2, 0.25) is 0 Å². The van der Waals surface area contributed by atoms with Crippen LogP contribution in [-0.4, -0.2) is 16.9 Å². The van der Waals surface area contributed by atoms with Gasteiger partial charge in [0.25, 0.3) is 0 Å². The molecule has 0 spiro atoms. The molecular weight excluding hydrogens is 250 g/mol. The predicted molar refractivity (Wildman–Crippen MR) is 50.4 cm³/mol. The zero-order valence-corrected chi connectivity index (χ0v) is 8.65. The third kappa shape index (κ3) is 1.68. The van der Waals surface area contributed by atoms with E-state index >= 15 is 0 Å². The van der Waals surface area contributed by atoms with Crippen molar-refractivity contribution in [3.05, 3.63) is 28.5 Å². The minimum atomic E-state index is -0.493. The number of cyclic esters (lactones) is 2. The van der Waals surface area contributed by atoms with Gasteiger partial charge in [-0.3, -0.25) is 14.6 Å². The average Bonchev–Trinajstić information content (AvgIpc) is 2.45. The van der Waals surface area contributed by atoms with Gasteiger partial charge in [0.05, 0.1) is 12.3 Å². The van der Waals surface area contributed by atoms with Crippen molar-refractivity contribution in [3.8, 4) is 0 Å². The molecule has 0 bridgehead atoms. The number of halogens is 1. The molecule has 1 unspecified atom stereocenters. The van der Waals surface area contributed by atoms with Crippen LogP contribution in [0.15, 0.2) is 22.9 Å². The number of nitrogens with zero attached hydrogens (tertiary/aromatic N) is 1. The summed E-state index contributed by atoms with van der Waals surface area (Å²) < 4.78 is 5.23. The molecular formula is C9H6BrNO3. The fraction of sp³-hybridized carbons (Fsp3) is 0.222. The Balaban J connectivity index is 2.31. The second kappa shape index (κ2) is 3.49. The Bertz CT molecular complexity index is 405. The van der Waals surface area contributed by atoms with Crippen molar-refractivity contribution in [1.29, 1.82) is 0 Å². The molecule has 4 nitrogen and oxygen atoms in total. The van der Waals surface area contributed by atoms with Crippen molar-refractivity contribution in [2.75, 3.05) is 0 Å². The number of hydrogen-bond acceptors (Lipinski definition) is 4. The van der Waals surface area contributed by atoms with Gasteiger partial charge in [0.15, 0.2) is 0 Å². The molecule has 1 aliphatic rings. The molecule has 0 N–H and O–H groups in total. The summed E-state index contributed by atoms with van der Waals surface area (Å²) >= 11 is 3.24. The standard InChI is InChI=1S/C9H6BrNO3/c10-6-1-5(3-11-4-6)7-2-8(12)14-9(7)13/h1,3-4,7H,2H2. The molecule has 1 saturated heterocycles. The van der Waals surface area contributed by atoms with Gasteiger partial charge in [0.1, 0.15) is 0 Å². The number of hydrogen-bond donors (Lipinski definition) is 0. The van der Waals surface area contributed by atoms with E-state index in [0.717, 1.165) is 4.47 Å². The van der Waals surface area contributed by atoms with Gasteiger partial charge >= 0.3 is 11.9 Å². The zero-order valence-electron chi connectivity index (χ0n) is 7.07. The van der Waals surface area contributed by atoms with Gasteiger partial charge in [0.2, 0.25) is 0 Å². The first kappa shape index (κ1) is 9.33. The van der Waals surface area contributed by atoms with Crippen LogP contribution in [0.1, 0.15) is 17.9 Å². The fourth-order valence-corrected chi connectivity index (χ4v) is 1.73. The van der Waals surface area contributed by atoms with E-state index in [1.807, 2.05) is 0 Å². The first-order valence-corrected chi connectivity index (χ1v) is 4.81. The number of carbonyl (C=O) groups is 2. The molecule has 0 amide bonds. The van der Waals surface area contributed by atoms with Crippen molar-refractivity contribution in [2.45, 2.75) is 12.3 Å². The number of aromatic nitrogens is 1. The molecule has 1 aromatic rings. The Hall–Kier alpha value is -1.23. The summed E-state index contributed by atoms with van der Waals surface area (Å²) in [7, 11) is 0. The van der Waals surface area contributed by atoms with Crippen molar-refractivity contribution >= 4 is 27.9 Å². The largest absolute Gasteiger partial charge is 0.393 e. The molecule has 0 saturated carbocycles. The summed E-state index contributed by atoms with van der Waals surface area (Å²) in [6.45, 7) is 0. The summed E-state index contributed by atoms with van der Waals surface area (Å²) in [5.74, 6) is -1.46. The van der Waals surface area contributed by atoms with E-state index in [9.17, 15) is 9.59 Å². The van der Waals surface area contributed by atoms with Gasteiger partial charge in [-0.25, -0.2) is 0 Å². The van der Waals surface area contributed by atoms with Crippen molar-refractivity contribution in [1.82, 2.24) is 4.98 Å². The normalized spacial score (nSPS) is 21.1. The minimum Gasteiger partial charge on any atom is -0.393 e. The molecule has 1 aromatic heterocycles. The Morgan fingerprint density at radius 2 is 2.21 bits per heavy atom. The van der Waals surface area contributed by atoms with Crippen molar-refractivity contribution < 1.29 is 14.3 Å². The molecule has 0 aromatic carbocycles. The van der Waals surface area contributed by atoms with Crippen LogP contribution >= 0.6 is 15.9 Å². The molecule has 0 radical (unpaired) electrons. The van der Waals surface area contributed by atoms with Crippen LogP contribution in [0.25, 0.3) is 0 Å². The molecule has 1 atom stereocenters. The highest BCUT2D eigenvalue weighted by molar-refractivity contribution is 9.10. The van der Waals surface area contributed by atoms with Gasteiger partial charge in [0, 0.05) is 16.9 Å². The topological polar surface area (TPSA) is 56.3 Å². The van der Waals surface area contributed by atoms with Gasteiger partial charge in [-0.1, -0.05) is 0 Å². The SMILES string of the molecule is O=C1CC(c2cncc(Br)c2)C(=O)O1. The number of pyridine rings is 1. The molecule has 2 rings (SSSR count). The van der Waals surface area contributed by atoms with Crippen LogP contribution in [0.5, 0.6) is 0 Å². The molecule has 5 heteroatoms. The zero-order chi connectivity index (χ0) is 10.1. The molecule has 1 fully saturated rings. The lowest BCUT2D eigenvalue weighted by atomic mass is 10.00. The lowest BCUT2D eigenvalue weighted by Gasteiger charge is -2.03. The summed E-state index contributed by atoms with van der Waals surface area (Å²) in [5, 5.41) is 0. The van der Waals surface area contributed by atoms with E-state index in [1.54, 1.807) is 18.5 Å². The van der Waals surface area contributed by atoms with Gasteiger partial charge in [-0.05, 0) is 27.6 Å². The van der Waals surface area contributed by atoms with Crippen LogP contribution < -0.4 is 0 Å². The first-order valence-electron chi connectivity index (χ1n) is 4.02. The summed E-state index contributed by atoms with van der Waals surface area (Å²) in [4.78, 5) is 26.0. The average molecular weight is 256 g/mol. The third-order valence-electron chi connectivity index (χ3n) is 2.00. The van der Waals surface area contributed by atoms with Crippen LogP contribution in [-0.2, 0) is 14.3 Å². The Morgan fingerprint density at radius 3 is 2.79 bits per heavy atom. The maximum Gasteiger partial charge on any atom is 0.321 e. The third-order valence-corrected chi connectivity index (χ3v) is 2.43. The van der Waals surface area contributed by atoms with Gasteiger partial charge in [-0.15, -0.1) is 0 Å². The quantitative estimate of drug-likeness (QED) is 0.563. The predicted octanol–water partition coefficient (Wildman–Crippen LogP) is 1.40. The van der Waals surface area contributed by atoms with E-state index in [0.29, 0.717) is 5.56 Å². The molecule has 14 heavy (non-hydrogen) atoms. The number of carbonyl (C=O) groups excluding carboxylic acids is 2. The maximum atomic E-state index is 11.2. The Morgan fingerprint density at radius 1 is 1.43 bits per heavy atom. The first-order chi connectivity index (χ1) is 6.66. The van der Waals surface area contributed by atoms with Crippen molar-refractivity contribution in [3.63, 3.8) is 0 Å². The lowest BCUT2D eigenvalue weighted by molar-refractivity contribution is -0.152. The second-order valence-corrected chi connectivity index (χ2v) is 3.90. The van der Waals surface area contributed by atoms with Gasteiger partial charge in [-0.2, -0.15) is 0 Å². The molecule has 1 aliphatic heterocycles. The number of esters is 2. The monoisotopic (exact) mass is 255 g/mol. The molecule has 2 heterocycles. The van der Waals surface area contributed by atoms with E-state index in [1.165, 1.54) is 0 Å². The van der Waals surface area contributed by atoms with Crippen LogP contribution in [0, 0.1) is 0 Å². The lowest BCUT2D eigenvalue weighted by Crippen LogP contribution is -2.05. The Kier molecular flexibility index (Phi) is 2.33. The summed E-state index contributed by atoms with van der Waals surface area (Å²) in [5.41, 5.74) is 0.704. The molecule has 0 aliphatic carbocycles. The number of ether oxygens (including phenoxy) is 1. The van der Waals surface area contributed by atoms with E-state index in [2.05, 4.69) is 25.7 Å². The van der Waals surface area contributed by atoms with Crippen LogP contribution in [0.3, 0.4) is 0 Å². The highest BCUT2D eigenvalue weighted by Crippen LogP contribution is 2.28. The summed E-state index contributed by atoms with van der Waals surface area (Å²) in [6.07, 6.45) is 3.29. The number of rotatable bonds is 1. The van der Waals surface area contributed by atoms with E-state index < -0.39 is 17.9 Å². The highest BCUT2D eigenvalue weighted by Gasteiger charge is 2.34. The summed E-state index contributed by atoms with van der Waals surface area (Å²) in [6, 6.07) is 1.76. The van der Waals surface area contributed by atoms with E-state index in [4.69, 9.17) is 0 Å². The fourth-order valence-electron chi connectivity index (χ4n) is 1.35. The minimum absolute atomic E-state index is 0.108. The smallest absolute Gasteiger partial charge is 0.321 e. The van der Waals surface area contributed by atoms with Crippen molar-refractivity contribution in [2.24, 2.45) is 0 Å². The van der Waals surface area contributed by atoms with E-state index in [-0.39, 0.29) is 6.42 Å². The van der Waals surface area contributed by atoms with Gasteiger partial charge < -0.3 is 4.74 Å². The Labute approximate surface area is 88.4 Å². The second-order valence-electron chi connectivity index (χ2n) is 2.99. The maximum absolute atomic E-state index is 11.2. The van der Waals surface area contributed by atoms with Crippen LogP contribution in [0.4, 0.5) is 0 Å². The highest BCUT2D eigenvalue weighted by atomic mass is 79.9. The molecule has 72 valence electrons.